The Balaban J connectivity index is 1.34. The Kier molecular flexibility index (Phi) is 5.21. The number of nitrogens with zero attached hydrogens (tertiary/aromatic N) is 4. The maximum atomic E-state index is 12.6. The first-order chi connectivity index (χ1) is 13.1. The van der Waals surface area contributed by atoms with Gasteiger partial charge in [0.1, 0.15) is 0 Å². The summed E-state index contributed by atoms with van der Waals surface area (Å²) in [7, 11) is 0. The molecule has 4 rings (SSSR count). The van der Waals surface area contributed by atoms with Gasteiger partial charge in [-0.05, 0) is 18.4 Å². The van der Waals surface area contributed by atoms with Crippen molar-refractivity contribution in [2.24, 2.45) is 11.3 Å². The van der Waals surface area contributed by atoms with Crippen molar-refractivity contribution >= 4 is 17.4 Å². The second-order valence-corrected chi connectivity index (χ2v) is 8.74. The first kappa shape index (κ1) is 18.5. The molecule has 7 nitrogen and oxygen atoms in total. The van der Waals surface area contributed by atoms with E-state index in [0.29, 0.717) is 25.6 Å². The number of aryl methyl sites for hydroxylation is 1. The zero-order valence-corrected chi connectivity index (χ0v) is 16.5. The maximum absolute atomic E-state index is 12.6. The molecule has 2 fully saturated rings. The van der Waals surface area contributed by atoms with Gasteiger partial charge in [0.05, 0.1) is 19.3 Å². The van der Waals surface area contributed by atoms with E-state index in [1.165, 1.54) is 5.56 Å². The fourth-order valence-corrected chi connectivity index (χ4v) is 5.04. The highest BCUT2D eigenvalue weighted by molar-refractivity contribution is 7.09. The summed E-state index contributed by atoms with van der Waals surface area (Å²) in [6, 6.07) is 3.99. The number of likely N-dealkylation sites (tertiary alicyclic amines) is 2. The molecular weight excluding hydrogens is 362 g/mol. The van der Waals surface area contributed by atoms with E-state index >= 15 is 0 Å². The highest BCUT2D eigenvalue weighted by Gasteiger charge is 2.53. The average Bonchev–Trinajstić information content (AvgIpc) is 3.43. The molecule has 0 aromatic carbocycles. The molecule has 27 heavy (non-hydrogen) atoms. The lowest BCUT2D eigenvalue weighted by Crippen LogP contribution is -2.42. The molecule has 0 spiro atoms. The number of hydrogen-bond acceptors (Lipinski definition) is 5. The number of carbonyl (C=O) groups excluding carboxylic acids is 1. The van der Waals surface area contributed by atoms with Crippen molar-refractivity contribution in [3.8, 4) is 0 Å². The van der Waals surface area contributed by atoms with E-state index in [1.807, 2.05) is 33.3 Å². The third-order valence-corrected chi connectivity index (χ3v) is 6.72. The molecular formula is C19H27N5O2S. The van der Waals surface area contributed by atoms with E-state index in [2.05, 4.69) is 28.4 Å². The van der Waals surface area contributed by atoms with Crippen molar-refractivity contribution in [1.82, 2.24) is 24.9 Å². The van der Waals surface area contributed by atoms with E-state index in [-0.39, 0.29) is 18.1 Å². The average molecular weight is 390 g/mol. The summed E-state index contributed by atoms with van der Waals surface area (Å²) in [6.07, 6.45) is 4.01. The minimum absolute atomic E-state index is 0.0265. The third-order valence-electron chi connectivity index (χ3n) is 5.84. The number of amides is 2. The Morgan fingerprint density at radius 3 is 3.00 bits per heavy atom. The molecule has 2 aliphatic rings. The summed E-state index contributed by atoms with van der Waals surface area (Å²) in [5, 5.41) is 19.5. The highest BCUT2D eigenvalue weighted by atomic mass is 32.1. The van der Waals surface area contributed by atoms with Gasteiger partial charge in [-0.3, -0.25) is 9.58 Å². The van der Waals surface area contributed by atoms with Crippen molar-refractivity contribution < 1.29 is 9.90 Å². The Morgan fingerprint density at radius 1 is 1.44 bits per heavy atom. The molecule has 2 N–H and O–H groups in total. The van der Waals surface area contributed by atoms with Crippen LogP contribution in [0.1, 0.15) is 17.4 Å². The number of nitrogens with one attached hydrogen (secondary N) is 1. The van der Waals surface area contributed by atoms with Crippen LogP contribution in [-0.2, 0) is 19.6 Å². The Hall–Kier alpha value is -1.90. The molecule has 2 unspecified atom stereocenters. The summed E-state index contributed by atoms with van der Waals surface area (Å²) >= 11 is 1.65. The van der Waals surface area contributed by atoms with Gasteiger partial charge < -0.3 is 15.3 Å². The minimum atomic E-state index is -0.207. The van der Waals surface area contributed by atoms with E-state index in [0.717, 1.165) is 31.1 Å². The van der Waals surface area contributed by atoms with Gasteiger partial charge in [0, 0.05) is 67.2 Å². The van der Waals surface area contributed by atoms with Crippen LogP contribution in [0.4, 0.5) is 4.79 Å². The number of urea groups is 1. The van der Waals surface area contributed by atoms with Crippen molar-refractivity contribution in [2.45, 2.75) is 26.6 Å². The van der Waals surface area contributed by atoms with Gasteiger partial charge in [-0.15, -0.1) is 11.3 Å². The van der Waals surface area contributed by atoms with Crippen LogP contribution in [-0.4, -0.2) is 63.5 Å². The maximum Gasteiger partial charge on any atom is 0.317 e. The molecule has 2 aromatic heterocycles. The molecule has 0 bridgehead atoms. The first-order valence-electron chi connectivity index (χ1n) is 9.51. The van der Waals surface area contributed by atoms with Crippen LogP contribution in [0.15, 0.2) is 29.9 Å². The van der Waals surface area contributed by atoms with E-state index in [9.17, 15) is 9.90 Å². The summed E-state index contributed by atoms with van der Waals surface area (Å²) in [6.45, 7) is 7.55. The fourth-order valence-electron chi connectivity index (χ4n) is 4.40. The van der Waals surface area contributed by atoms with Gasteiger partial charge in [-0.1, -0.05) is 6.07 Å². The smallest absolute Gasteiger partial charge is 0.317 e. The highest BCUT2D eigenvalue weighted by Crippen LogP contribution is 2.42. The number of fused-ring (bicyclic) bond motifs is 1. The van der Waals surface area contributed by atoms with Gasteiger partial charge in [-0.2, -0.15) is 5.10 Å². The molecule has 0 saturated carbocycles. The lowest BCUT2D eigenvalue weighted by atomic mass is 9.82. The summed E-state index contributed by atoms with van der Waals surface area (Å²) in [4.78, 5) is 18.0. The summed E-state index contributed by atoms with van der Waals surface area (Å²) in [5.41, 5.74) is 0.997. The SMILES string of the molecule is CCn1cc(CN2CC3CN(C(=O)NCc4cccs4)CC3(CO)C2)cn1. The molecule has 2 atom stereocenters. The lowest BCUT2D eigenvalue weighted by molar-refractivity contribution is 0.114. The lowest BCUT2D eigenvalue weighted by Gasteiger charge is -2.27. The van der Waals surface area contributed by atoms with Gasteiger partial charge >= 0.3 is 6.03 Å². The molecule has 4 heterocycles. The quantitative estimate of drug-likeness (QED) is 0.787. The van der Waals surface area contributed by atoms with E-state index < -0.39 is 0 Å². The Bertz CT molecular complexity index is 777. The van der Waals surface area contributed by atoms with Crippen molar-refractivity contribution in [1.29, 1.82) is 0 Å². The first-order valence-corrected chi connectivity index (χ1v) is 10.4. The third kappa shape index (κ3) is 3.74. The largest absolute Gasteiger partial charge is 0.396 e. The van der Waals surface area contributed by atoms with Crippen LogP contribution in [0.2, 0.25) is 0 Å². The zero-order valence-electron chi connectivity index (χ0n) is 15.7. The summed E-state index contributed by atoms with van der Waals surface area (Å²) in [5.74, 6) is 0.316. The van der Waals surface area contributed by atoms with Crippen molar-refractivity contribution in [2.75, 3.05) is 32.8 Å². The molecule has 2 amide bonds. The normalized spacial score (nSPS) is 25.1. The van der Waals surface area contributed by atoms with E-state index in [4.69, 9.17) is 0 Å². The second-order valence-electron chi connectivity index (χ2n) is 7.71. The number of rotatable bonds is 6. The Labute approximate surface area is 163 Å². The van der Waals surface area contributed by atoms with Crippen molar-refractivity contribution in [3.05, 3.63) is 40.3 Å². The van der Waals surface area contributed by atoms with Gasteiger partial charge in [0.15, 0.2) is 0 Å². The number of aromatic nitrogens is 2. The van der Waals surface area contributed by atoms with Crippen LogP contribution in [0.3, 0.4) is 0 Å². The standard InChI is InChI=1S/C19H27N5O2S/c1-2-24-9-15(6-21-24)8-22-10-16-11-23(13-19(16,12-22)14-25)18(26)20-7-17-4-3-5-27-17/h3-6,9,16,25H,2,7-8,10-14H2,1H3,(H,20,26). The number of carbonyl (C=O) groups is 1. The fraction of sp³-hybridized carbons (Fsp3) is 0.579. The van der Waals surface area contributed by atoms with Gasteiger partial charge in [0.25, 0.3) is 0 Å². The molecule has 2 aromatic rings. The number of aliphatic hydroxyl groups is 1. The minimum Gasteiger partial charge on any atom is -0.396 e. The zero-order chi connectivity index (χ0) is 18.9. The molecule has 2 saturated heterocycles. The summed E-state index contributed by atoms with van der Waals surface area (Å²) < 4.78 is 1.94. The predicted octanol–water partition coefficient (Wildman–Crippen LogP) is 1.60. The van der Waals surface area contributed by atoms with Crippen LogP contribution in [0, 0.1) is 11.3 Å². The second kappa shape index (κ2) is 7.61. The van der Waals surface area contributed by atoms with Crippen LogP contribution in [0.5, 0.6) is 0 Å². The predicted molar refractivity (Wildman–Crippen MR) is 104 cm³/mol. The van der Waals surface area contributed by atoms with Crippen LogP contribution < -0.4 is 5.32 Å². The van der Waals surface area contributed by atoms with Crippen LogP contribution in [0.25, 0.3) is 0 Å². The number of aliphatic hydroxyl groups excluding tert-OH is 1. The number of thiophene rings is 1. The molecule has 8 heteroatoms. The molecule has 0 radical (unpaired) electrons. The van der Waals surface area contributed by atoms with E-state index in [1.54, 1.807) is 11.3 Å². The topological polar surface area (TPSA) is 73.6 Å². The Morgan fingerprint density at radius 2 is 2.33 bits per heavy atom. The van der Waals surface area contributed by atoms with Crippen LogP contribution >= 0.6 is 11.3 Å². The molecule has 146 valence electrons. The monoisotopic (exact) mass is 389 g/mol. The molecule has 0 aliphatic carbocycles. The van der Waals surface area contributed by atoms with Gasteiger partial charge in [0.2, 0.25) is 0 Å². The number of hydrogen-bond donors (Lipinski definition) is 2. The van der Waals surface area contributed by atoms with Crippen molar-refractivity contribution in [3.63, 3.8) is 0 Å². The molecule has 2 aliphatic heterocycles. The van der Waals surface area contributed by atoms with Gasteiger partial charge in [-0.25, -0.2) is 4.79 Å².